The van der Waals surface area contributed by atoms with E-state index in [4.69, 9.17) is 11.2 Å². The van der Waals surface area contributed by atoms with Gasteiger partial charge in [-0.25, -0.2) is 4.39 Å². The van der Waals surface area contributed by atoms with Crippen molar-refractivity contribution in [2.45, 2.75) is 13.0 Å². The minimum absolute atomic E-state index is 0.135. The Bertz CT molecular complexity index is 389. The summed E-state index contributed by atoms with van der Waals surface area (Å²) >= 11 is 3.18. The molecule has 1 aromatic rings. The van der Waals surface area contributed by atoms with Crippen LogP contribution in [0.3, 0.4) is 0 Å². The molecule has 4 heteroatoms. The Morgan fingerprint density at radius 2 is 2.38 bits per heavy atom. The van der Waals surface area contributed by atoms with Crippen LogP contribution in [0, 0.1) is 18.2 Å². The van der Waals surface area contributed by atoms with Gasteiger partial charge >= 0.3 is 0 Å². The summed E-state index contributed by atoms with van der Waals surface area (Å²) in [5.41, 5.74) is 0. The van der Waals surface area contributed by atoms with Crippen LogP contribution in [-0.4, -0.2) is 19.2 Å². The lowest BCUT2D eigenvalue weighted by Gasteiger charge is -2.15. The van der Waals surface area contributed by atoms with Crippen LogP contribution in [0.4, 0.5) is 4.39 Å². The van der Waals surface area contributed by atoms with E-state index in [9.17, 15) is 4.39 Å². The average molecular weight is 286 g/mol. The van der Waals surface area contributed by atoms with Crippen LogP contribution >= 0.6 is 15.9 Å². The maximum Gasteiger partial charge on any atom is 0.166 e. The van der Waals surface area contributed by atoms with Crippen molar-refractivity contribution in [3.63, 3.8) is 0 Å². The van der Waals surface area contributed by atoms with Crippen LogP contribution < -0.4 is 10.1 Å². The molecule has 0 saturated carbocycles. The topological polar surface area (TPSA) is 21.3 Å². The molecule has 0 radical (unpaired) electrons. The molecule has 0 bridgehead atoms. The van der Waals surface area contributed by atoms with Crippen LogP contribution in [0.15, 0.2) is 22.7 Å². The smallest absolute Gasteiger partial charge is 0.166 e. The van der Waals surface area contributed by atoms with Gasteiger partial charge in [-0.1, -0.05) is 21.9 Å². The van der Waals surface area contributed by atoms with Crippen LogP contribution in [0.5, 0.6) is 5.75 Å². The minimum Gasteiger partial charge on any atom is -0.486 e. The molecule has 86 valence electrons. The van der Waals surface area contributed by atoms with E-state index in [-0.39, 0.29) is 17.7 Å². The van der Waals surface area contributed by atoms with E-state index in [1.165, 1.54) is 6.07 Å². The first-order chi connectivity index (χ1) is 7.63. The van der Waals surface area contributed by atoms with E-state index in [0.29, 0.717) is 17.6 Å². The van der Waals surface area contributed by atoms with E-state index in [0.717, 1.165) is 0 Å². The fraction of sp³-hybridized carbons (Fsp3) is 0.333. The number of hydrogen-bond acceptors (Lipinski definition) is 2. The van der Waals surface area contributed by atoms with Gasteiger partial charge in [0.15, 0.2) is 11.6 Å². The molecular formula is C12H13BrFNO. The second-order valence-electron chi connectivity index (χ2n) is 3.34. The van der Waals surface area contributed by atoms with Crippen molar-refractivity contribution in [1.29, 1.82) is 0 Å². The third-order valence-electron chi connectivity index (χ3n) is 1.88. The maximum atomic E-state index is 13.4. The van der Waals surface area contributed by atoms with Gasteiger partial charge in [-0.15, -0.1) is 6.42 Å². The van der Waals surface area contributed by atoms with Gasteiger partial charge in [0, 0.05) is 11.0 Å². The van der Waals surface area contributed by atoms with E-state index < -0.39 is 0 Å². The number of rotatable bonds is 5. The highest BCUT2D eigenvalue weighted by Crippen LogP contribution is 2.22. The Morgan fingerprint density at radius 3 is 3.00 bits per heavy atom. The molecule has 0 aliphatic carbocycles. The molecule has 1 aromatic carbocycles. The maximum absolute atomic E-state index is 13.4. The third kappa shape index (κ3) is 4.21. The average Bonchev–Trinajstić information content (AvgIpc) is 2.23. The Balaban J connectivity index is 2.50. The predicted molar refractivity (Wildman–Crippen MR) is 65.9 cm³/mol. The van der Waals surface area contributed by atoms with Gasteiger partial charge in [0.05, 0.1) is 6.54 Å². The van der Waals surface area contributed by atoms with E-state index in [1.54, 1.807) is 12.1 Å². The molecule has 16 heavy (non-hydrogen) atoms. The molecule has 1 rings (SSSR count). The van der Waals surface area contributed by atoms with Gasteiger partial charge in [0.2, 0.25) is 0 Å². The number of terminal acetylenes is 1. The van der Waals surface area contributed by atoms with Crippen LogP contribution in [-0.2, 0) is 0 Å². The first-order valence-corrected chi connectivity index (χ1v) is 5.68. The largest absolute Gasteiger partial charge is 0.486 e. The van der Waals surface area contributed by atoms with Crippen molar-refractivity contribution in [2.24, 2.45) is 0 Å². The molecule has 0 spiro atoms. The van der Waals surface area contributed by atoms with E-state index >= 15 is 0 Å². The zero-order valence-corrected chi connectivity index (χ0v) is 10.6. The number of hydrogen-bond donors (Lipinski definition) is 1. The number of benzene rings is 1. The van der Waals surface area contributed by atoms with Crippen molar-refractivity contribution in [2.75, 3.05) is 13.1 Å². The van der Waals surface area contributed by atoms with E-state index in [1.807, 2.05) is 6.92 Å². The Hall–Kier alpha value is -1.05. The summed E-state index contributed by atoms with van der Waals surface area (Å²) in [7, 11) is 0. The lowest BCUT2D eigenvalue weighted by Crippen LogP contribution is -2.29. The van der Waals surface area contributed by atoms with Crippen LogP contribution in [0.1, 0.15) is 6.92 Å². The summed E-state index contributed by atoms with van der Waals surface area (Å²) in [6, 6.07) is 4.70. The summed E-state index contributed by atoms with van der Waals surface area (Å²) in [5.74, 6) is 2.33. The molecule has 0 aliphatic heterocycles. The fourth-order valence-electron chi connectivity index (χ4n) is 1.18. The Morgan fingerprint density at radius 1 is 1.62 bits per heavy atom. The molecule has 0 heterocycles. The normalized spacial score (nSPS) is 11.9. The predicted octanol–water partition coefficient (Wildman–Crippen LogP) is 2.58. The zero-order valence-electron chi connectivity index (χ0n) is 8.97. The molecular weight excluding hydrogens is 273 g/mol. The Labute approximate surface area is 103 Å². The Kier molecular flexibility index (Phi) is 5.30. The van der Waals surface area contributed by atoms with Crippen molar-refractivity contribution in [1.82, 2.24) is 5.32 Å². The molecule has 0 aromatic heterocycles. The van der Waals surface area contributed by atoms with E-state index in [2.05, 4.69) is 27.2 Å². The molecule has 0 saturated heterocycles. The highest BCUT2D eigenvalue weighted by molar-refractivity contribution is 9.10. The van der Waals surface area contributed by atoms with Crippen LogP contribution in [0.25, 0.3) is 0 Å². The van der Waals surface area contributed by atoms with Gasteiger partial charge in [-0.3, -0.25) is 0 Å². The van der Waals surface area contributed by atoms with Crippen molar-refractivity contribution in [3.05, 3.63) is 28.5 Å². The molecule has 2 nitrogen and oxygen atoms in total. The monoisotopic (exact) mass is 285 g/mol. The quantitative estimate of drug-likeness (QED) is 0.663. The van der Waals surface area contributed by atoms with Crippen molar-refractivity contribution >= 4 is 15.9 Å². The summed E-state index contributed by atoms with van der Waals surface area (Å²) in [6.45, 7) is 2.92. The molecule has 0 amide bonds. The van der Waals surface area contributed by atoms with Crippen LogP contribution in [0.2, 0.25) is 0 Å². The van der Waals surface area contributed by atoms with Gasteiger partial charge in [-0.2, -0.15) is 0 Å². The second kappa shape index (κ2) is 6.51. The lowest BCUT2D eigenvalue weighted by atomic mass is 10.3. The van der Waals surface area contributed by atoms with Gasteiger partial charge in [-0.05, 0) is 25.1 Å². The molecule has 0 fully saturated rings. The first kappa shape index (κ1) is 13.0. The number of halogens is 2. The SMILES string of the molecule is C#CCNCC(C)Oc1ccc(Br)cc1F. The zero-order chi connectivity index (χ0) is 12.0. The molecule has 1 N–H and O–H groups in total. The lowest BCUT2D eigenvalue weighted by molar-refractivity contribution is 0.209. The fourth-order valence-corrected chi connectivity index (χ4v) is 1.51. The summed E-state index contributed by atoms with van der Waals surface area (Å²) in [6.07, 6.45) is 4.95. The van der Waals surface area contributed by atoms with Gasteiger partial charge in [0.25, 0.3) is 0 Å². The summed E-state index contributed by atoms with van der Waals surface area (Å²) in [5, 5.41) is 2.99. The highest BCUT2D eigenvalue weighted by atomic mass is 79.9. The highest BCUT2D eigenvalue weighted by Gasteiger charge is 2.08. The molecule has 1 atom stereocenters. The third-order valence-corrected chi connectivity index (χ3v) is 2.37. The number of ether oxygens (including phenoxy) is 1. The van der Waals surface area contributed by atoms with Crippen molar-refractivity contribution < 1.29 is 9.13 Å². The summed E-state index contributed by atoms with van der Waals surface area (Å²) < 4.78 is 19.5. The molecule has 0 aliphatic rings. The second-order valence-corrected chi connectivity index (χ2v) is 4.25. The summed E-state index contributed by atoms with van der Waals surface area (Å²) in [4.78, 5) is 0. The standard InChI is InChI=1S/C12H13BrFNO/c1-3-6-15-8-9(2)16-12-5-4-10(13)7-11(12)14/h1,4-5,7,9,15H,6,8H2,2H3. The number of nitrogens with one attached hydrogen (secondary N) is 1. The van der Waals surface area contributed by atoms with Gasteiger partial charge in [0.1, 0.15) is 6.10 Å². The van der Waals surface area contributed by atoms with Gasteiger partial charge < -0.3 is 10.1 Å². The van der Waals surface area contributed by atoms with Crippen molar-refractivity contribution in [3.8, 4) is 18.1 Å². The first-order valence-electron chi connectivity index (χ1n) is 4.89. The molecule has 1 unspecified atom stereocenters. The minimum atomic E-state index is -0.377.